The molecule has 1 atom stereocenters. The van der Waals surface area contributed by atoms with E-state index in [2.05, 4.69) is 13.8 Å². The van der Waals surface area contributed by atoms with Gasteiger partial charge >= 0.3 is 5.97 Å². The highest BCUT2D eigenvalue weighted by Gasteiger charge is 2.17. The number of hydrogen-bond donors (Lipinski definition) is 1. The van der Waals surface area contributed by atoms with Crippen LogP contribution in [-0.2, 0) is 11.2 Å². The van der Waals surface area contributed by atoms with Gasteiger partial charge in [-0.3, -0.25) is 9.69 Å². The summed E-state index contributed by atoms with van der Waals surface area (Å²) in [4.78, 5) is 12.9. The van der Waals surface area contributed by atoms with E-state index < -0.39 is 5.97 Å². The molecule has 1 aromatic carbocycles. The molecule has 1 unspecified atom stereocenters. The van der Waals surface area contributed by atoms with E-state index >= 15 is 0 Å². The molecule has 0 spiro atoms. The lowest BCUT2D eigenvalue weighted by Gasteiger charge is -2.27. The van der Waals surface area contributed by atoms with Crippen molar-refractivity contribution in [3.63, 3.8) is 0 Å². The minimum Gasteiger partial charge on any atom is -0.496 e. The first-order valence-electron chi connectivity index (χ1n) is 6.66. The van der Waals surface area contributed by atoms with Crippen LogP contribution in [0.2, 0.25) is 0 Å². The summed E-state index contributed by atoms with van der Waals surface area (Å²) in [6, 6.07) is 8.05. The highest BCUT2D eigenvalue weighted by Crippen LogP contribution is 2.20. The lowest BCUT2D eigenvalue weighted by atomic mass is 10.0. The largest absolute Gasteiger partial charge is 0.496 e. The maximum absolute atomic E-state index is 10.9. The van der Waals surface area contributed by atoms with Crippen LogP contribution >= 0.6 is 0 Å². The molecule has 0 aromatic heterocycles. The van der Waals surface area contributed by atoms with Gasteiger partial charge in [0.1, 0.15) is 5.75 Å². The molecular formula is C15H23NO3. The molecule has 1 rings (SSSR count). The second kappa shape index (κ2) is 7.79. The molecular weight excluding hydrogens is 242 g/mol. The number of aliphatic carboxylic acids is 1. The number of methoxy groups -OCH3 is 1. The molecule has 19 heavy (non-hydrogen) atoms. The summed E-state index contributed by atoms with van der Waals surface area (Å²) in [5.74, 6) is 0.0847. The third kappa shape index (κ3) is 4.91. The topological polar surface area (TPSA) is 49.8 Å². The molecule has 0 heterocycles. The Bertz CT molecular complexity index is 406. The van der Waals surface area contributed by atoms with Gasteiger partial charge in [-0.05, 0) is 37.9 Å². The Labute approximate surface area is 115 Å². The summed E-state index contributed by atoms with van der Waals surface area (Å²) >= 11 is 0. The second-order valence-electron chi connectivity index (χ2n) is 4.73. The monoisotopic (exact) mass is 265 g/mol. The van der Waals surface area contributed by atoms with Crippen LogP contribution in [0.4, 0.5) is 0 Å². The molecule has 0 amide bonds. The molecule has 0 bridgehead atoms. The summed E-state index contributed by atoms with van der Waals surface area (Å²) in [5.41, 5.74) is 1.11. The fraction of sp³-hybridized carbons (Fsp3) is 0.533. The van der Waals surface area contributed by atoms with E-state index in [1.54, 1.807) is 7.11 Å². The Morgan fingerprint density at radius 1 is 1.42 bits per heavy atom. The van der Waals surface area contributed by atoms with Crippen LogP contribution in [0, 0.1) is 0 Å². The predicted octanol–water partition coefficient (Wildman–Crippen LogP) is 2.42. The molecule has 1 N–H and O–H groups in total. The predicted molar refractivity (Wildman–Crippen MR) is 75.7 cm³/mol. The van der Waals surface area contributed by atoms with Crippen LogP contribution in [0.3, 0.4) is 0 Å². The van der Waals surface area contributed by atoms with Crippen molar-refractivity contribution < 1.29 is 14.6 Å². The van der Waals surface area contributed by atoms with Gasteiger partial charge in [-0.1, -0.05) is 25.1 Å². The molecule has 4 nitrogen and oxygen atoms in total. The molecule has 0 saturated heterocycles. The van der Waals surface area contributed by atoms with Gasteiger partial charge in [0, 0.05) is 6.04 Å². The fourth-order valence-corrected chi connectivity index (χ4v) is 2.24. The molecule has 0 fully saturated rings. The van der Waals surface area contributed by atoms with E-state index in [-0.39, 0.29) is 12.6 Å². The first-order valence-corrected chi connectivity index (χ1v) is 6.66. The van der Waals surface area contributed by atoms with Crippen LogP contribution in [0.1, 0.15) is 25.8 Å². The number of benzene rings is 1. The Balaban J connectivity index is 2.74. The summed E-state index contributed by atoms with van der Waals surface area (Å²) in [7, 11) is 1.66. The van der Waals surface area contributed by atoms with Crippen LogP contribution in [0.5, 0.6) is 5.75 Å². The third-order valence-electron chi connectivity index (χ3n) is 3.18. The fourth-order valence-electron chi connectivity index (χ4n) is 2.24. The number of para-hydroxylation sites is 1. The summed E-state index contributed by atoms with van der Waals surface area (Å²) < 4.78 is 5.33. The molecule has 4 heteroatoms. The van der Waals surface area contributed by atoms with Crippen molar-refractivity contribution in [1.29, 1.82) is 0 Å². The van der Waals surface area contributed by atoms with E-state index in [9.17, 15) is 4.79 Å². The van der Waals surface area contributed by atoms with Gasteiger partial charge in [0.25, 0.3) is 0 Å². The maximum atomic E-state index is 10.9. The van der Waals surface area contributed by atoms with Gasteiger partial charge in [0.05, 0.1) is 13.7 Å². The van der Waals surface area contributed by atoms with Gasteiger partial charge < -0.3 is 9.84 Å². The van der Waals surface area contributed by atoms with Crippen molar-refractivity contribution in [2.45, 2.75) is 32.7 Å². The lowest BCUT2D eigenvalue weighted by molar-refractivity contribution is -0.138. The smallest absolute Gasteiger partial charge is 0.317 e. The van der Waals surface area contributed by atoms with E-state index in [1.165, 1.54) is 0 Å². The quantitative estimate of drug-likeness (QED) is 0.784. The molecule has 106 valence electrons. The average molecular weight is 265 g/mol. The zero-order valence-electron chi connectivity index (χ0n) is 11.9. The van der Waals surface area contributed by atoms with Crippen LogP contribution in [0.25, 0.3) is 0 Å². The minimum absolute atomic E-state index is 0.0875. The van der Waals surface area contributed by atoms with Crippen LogP contribution in [0.15, 0.2) is 24.3 Å². The Morgan fingerprint density at radius 3 is 2.68 bits per heavy atom. The van der Waals surface area contributed by atoms with Gasteiger partial charge in [-0.15, -0.1) is 0 Å². The molecule has 0 saturated carbocycles. The van der Waals surface area contributed by atoms with Crippen LogP contribution in [-0.4, -0.2) is 42.2 Å². The molecule has 0 aliphatic heterocycles. The van der Waals surface area contributed by atoms with E-state index in [4.69, 9.17) is 9.84 Å². The van der Waals surface area contributed by atoms with Crippen molar-refractivity contribution in [3.8, 4) is 5.75 Å². The van der Waals surface area contributed by atoms with Gasteiger partial charge in [0.15, 0.2) is 0 Å². The first kappa shape index (κ1) is 15.5. The van der Waals surface area contributed by atoms with Crippen molar-refractivity contribution >= 4 is 5.97 Å². The summed E-state index contributed by atoms with van der Waals surface area (Å²) in [6.45, 7) is 5.00. The Kier molecular flexibility index (Phi) is 6.36. The standard InChI is InChI=1S/C15H23NO3/c1-4-9-16(11-15(17)18)12(2)10-13-7-5-6-8-14(13)19-3/h5-8,12H,4,9-11H2,1-3H3,(H,17,18). The zero-order chi connectivity index (χ0) is 14.3. The summed E-state index contributed by atoms with van der Waals surface area (Å²) in [5, 5.41) is 8.96. The Morgan fingerprint density at radius 2 is 2.11 bits per heavy atom. The van der Waals surface area contributed by atoms with E-state index in [0.717, 1.165) is 30.7 Å². The molecule has 0 radical (unpaired) electrons. The Hall–Kier alpha value is -1.55. The number of ether oxygens (including phenoxy) is 1. The molecule has 1 aromatic rings. The number of hydrogen-bond acceptors (Lipinski definition) is 3. The van der Waals surface area contributed by atoms with Crippen LogP contribution < -0.4 is 4.74 Å². The number of carbonyl (C=O) groups is 1. The summed E-state index contributed by atoms with van der Waals surface area (Å²) in [6.07, 6.45) is 1.74. The molecule has 0 aliphatic rings. The molecule has 0 aliphatic carbocycles. The third-order valence-corrected chi connectivity index (χ3v) is 3.18. The highest BCUT2D eigenvalue weighted by molar-refractivity contribution is 5.69. The number of carboxylic acid groups (broad SMARTS) is 1. The van der Waals surface area contributed by atoms with E-state index in [0.29, 0.717) is 0 Å². The van der Waals surface area contributed by atoms with Gasteiger partial charge in [-0.25, -0.2) is 0 Å². The zero-order valence-corrected chi connectivity index (χ0v) is 11.9. The number of carboxylic acids is 1. The SMILES string of the molecule is CCCN(CC(=O)O)C(C)Cc1ccccc1OC. The highest BCUT2D eigenvalue weighted by atomic mass is 16.5. The van der Waals surface area contributed by atoms with Gasteiger partial charge in [-0.2, -0.15) is 0 Å². The normalized spacial score (nSPS) is 12.4. The van der Waals surface area contributed by atoms with Gasteiger partial charge in [0.2, 0.25) is 0 Å². The maximum Gasteiger partial charge on any atom is 0.317 e. The number of rotatable bonds is 8. The first-order chi connectivity index (χ1) is 9.08. The minimum atomic E-state index is -0.777. The average Bonchev–Trinajstić information content (AvgIpc) is 2.38. The lowest BCUT2D eigenvalue weighted by Crippen LogP contribution is -2.39. The van der Waals surface area contributed by atoms with Crippen molar-refractivity contribution in [1.82, 2.24) is 4.90 Å². The van der Waals surface area contributed by atoms with Crippen molar-refractivity contribution in [2.24, 2.45) is 0 Å². The number of nitrogens with zero attached hydrogens (tertiary/aromatic N) is 1. The van der Waals surface area contributed by atoms with Crippen molar-refractivity contribution in [2.75, 3.05) is 20.2 Å². The van der Waals surface area contributed by atoms with E-state index in [1.807, 2.05) is 29.2 Å². The van der Waals surface area contributed by atoms with Crippen molar-refractivity contribution in [3.05, 3.63) is 29.8 Å². The second-order valence-corrected chi connectivity index (χ2v) is 4.73.